The molecule has 0 atom stereocenters. The van der Waals surface area contributed by atoms with Gasteiger partial charge in [-0.2, -0.15) is 0 Å². The highest BCUT2D eigenvalue weighted by Gasteiger charge is 2.05. The fraction of sp³-hybridized carbons (Fsp3) is 0. The van der Waals surface area contributed by atoms with Crippen LogP contribution in [0, 0.1) is 0 Å². The van der Waals surface area contributed by atoms with Gasteiger partial charge >= 0.3 is 5.97 Å². The second-order valence-corrected chi connectivity index (χ2v) is 6.18. The third-order valence-corrected chi connectivity index (χ3v) is 4.04. The summed E-state index contributed by atoms with van der Waals surface area (Å²) in [7, 11) is 0. The second-order valence-electron chi connectivity index (χ2n) is 4.03. The fourth-order valence-electron chi connectivity index (χ4n) is 1.55. The minimum atomic E-state index is -0.993. The van der Waals surface area contributed by atoms with Crippen LogP contribution in [0.5, 0.6) is 11.5 Å². The van der Waals surface area contributed by atoms with Gasteiger partial charge in [-0.3, -0.25) is 0 Å². The van der Waals surface area contributed by atoms with Gasteiger partial charge in [0.2, 0.25) is 0 Å². The number of hydrogen-bond donors (Lipinski definition) is 1. The third kappa shape index (κ3) is 4.59. The predicted octanol–water partition coefficient (Wildman–Crippen LogP) is 5.76. The molecule has 0 saturated carbocycles. The average Bonchev–Trinajstić information content (AvgIpc) is 2.41. The number of hydrogen-bond acceptors (Lipinski definition) is 2. The van der Waals surface area contributed by atoms with Crippen molar-refractivity contribution in [1.29, 1.82) is 0 Å². The zero-order valence-electron chi connectivity index (χ0n) is 10.5. The normalized spacial score (nSPS) is 10.8. The van der Waals surface area contributed by atoms with Crippen LogP contribution in [0.1, 0.15) is 5.56 Å². The van der Waals surface area contributed by atoms with Gasteiger partial charge in [0, 0.05) is 15.6 Å². The maximum Gasteiger partial charge on any atom is 0.328 e. The Labute approximate surface area is 143 Å². The Morgan fingerprint density at radius 3 is 2.52 bits per heavy atom. The largest absolute Gasteiger partial charge is 0.478 e. The molecule has 1 N–H and O–H groups in total. The van der Waals surface area contributed by atoms with Crippen LogP contribution in [0.2, 0.25) is 5.02 Å². The summed E-state index contributed by atoms with van der Waals surface area (Å²) in [4.78, 5) is 10.5. The summed E-state index contributed by atoms with van der Waals surface area (Å²) in [5.74, 6) is 0.268. The molecule has 2 aromatic rings. The van der Waals surface area contributed by atoms with Crippen molar-refractivity contribution in [2.45, 2.75) is 0 Å². The Morgan fingerprint density at radius 2 is 1.90 bits per heavy atom. The van der Waals surface area contributed by atoms with Crippen LogP contribution in [0.25, 0.3) is 6.08 Å². The van der Waals surface area contributed by atoms with Gasteiger partial charge in [-0.05, 0) is 57.9 Å². The highest BCUT2D eigenvalue weighted by atomic mass is 79.9. The van der Waals surface area contributed by atoms with E-state index in [1.165, 1.54) is 6.08 Å². The Balaban J connectivity index is 2.22. The van der Waals surface area contributed by atoms with Crippen LogP contribution >= 0.6 is 43.5 Å². The van der Waals surface area contributed by atoms with Crippen molar-refractivity contribution >= 4 is 55.5 Å². The molecule has 0 heterocycles. The fourth-order valence-corrected chi connectivity index (χ4v) is 2.81. The average molecular weight is 432 g/mol. The molecule has 0 aliphatic carbocycles. The van der Waals surface area contributed by atoms with Gasteiger partial charge < -0.3 is 9.84 Å². The molecule has 2 rings (SSSR count). The molecule has 0 amide bonds. The Bertz CT molecular complexity index is 714. The van der Waals surface area contributed by atoms with E-state index in [2.05, 4.69) is 31.9 Å². The summed E-state index contributed by atoms with van der Waals surface area (Å²) in [5, 5.41) is 9.24. The van der Waals surface area contributed by atoms with Crippen molar-refractivity contribution in [1.82, 2.24) is 0 Å². The number of aliphatic carboxylic acids is 1. The molecule has 108 valence electrons. The third-order valence-electron chi connectivity index (χ3n) is 2.50. The molecule has 2 aromatic carbocycles. The van der Waals surface area contributed by atoms with Gasteiger partial charge in [-0.15, -0.1) is 0 Å². The van der Waals surface area contributed by atoms with E-state index < -0.39 is 5.97 Å². The summed E-state index contributed by atoms with van der Waals surface area (Å²) < 4.78 is 7.24. The lowest BCUT2D eigenvalue weighted by Gasteiger charge is -2.09. The van der Waals surface area contributed by atoms with Crippen molar-refractivity contribution in [2.24, 2.45) is 0 Å². The van der Waals surface area contributed by atoms with E-state index in [4.69, 9.17) is 21.4 Å². The van der Waals surface area contributed by atoms with Crippen LogP contribution in [0.3, 0.4) is 0 Å². The summed E-state index contributed by atoms with van der Waals surface area (Å²) >= 11 is 12.6. The number of halogens is 3. The topological polar surface area (TPSA) is 46.5 Å². The maximum absolute atomic E-state index is 10.5. The van der Waals surface area contributed by atoms with Gasteiger partial charge in [-0.25, -0.2) is 4.79 Å². The van der Waals surface area contributed by atoms with Crippen LogP contribution in [0.4, 0.5) is 0 Å². The summed E-state index contributed by atoms with van der Waals surface area (Å²) in [6.45, 7) is 0. The zero-order valence-corrected chi connectivity index (χ0v) is 14.4. The Kier molecular flexibility index (Phi) is 5.45. The molecule has 0 aromatic heterocycles. The number of carboxylic acid groups (broad SMARTS) is 1. The van der Waals surface area contributed by atoms with E-state index in [1.54, 1.807) is 36.4 Å². The molecular formula is C15H9Br2ClO3. The lowest BCUT2D eigenvalue weighted by atomic mass is 10.2. The van der Waals surface area contributed by atoms with E-state index >= 15 is 0 Å². The van der Waals surface area contributed by atoms with Gasteiger partial charge in [0.05, 0.1) is 4.47 Å². The Hall–Kier alpha value is -1.30. The maximum atomic E-state index is 10.5. The van der Waals surface area contributed by atoms with E-state index in [0.29, 0.717) is 16.5 Å². The van der Waals surface area contributed by atoms with Crippen LogP contribution in [-0.4, -0.2) is 11.1 Å². The van der Waals surface area contributed by atoms with E-state index in [9.17, 15) is 4.79 Å². The van der Waals surface area contributed by atoms with Crippen molar-refractivity contribution in [3.8, 4) is 11.5 Å². The lowest BCUT2D eigenvalue weighted by molar-refractivity contribution is -0.131. The van der Waals surface area contributed by atoms with Gasteiger partial charge in [-0.1, -0.05) is 33.6 Å². The van der Waals surface area contributed by atoms with E-state index in [0.717, 1.165) is 20.6 Å². The van der Waals surface area contributed by atoms with Crippen LogP contribution in [-0.2, 0) is 4.79 Å². The first-order chi connectivity index (χ1) is 9.95. The SMILES string of the molecule is O=C(O)/C=C/c1ccc(Oc2ccc(Cl)cc2Br)cc1Br. The number of ether oxygens (including phenoxy) is 1. The van der Waals surface area contributed by atoms with Gasteiger partial charge in [0.15, 0.2) is 0 Å². The second kappa shape index (κ2) is 7.11. The zero-order chi connectivity index (χ0) is 15.4. The molecule has 0 aliphatic rings. The van der Waals surface area contributed by atoms with Crippen LogP contribution in [0.15, 0.2) is 51.4 Å². The van der Waals surface area contributed by atoms with Crippen molar-refractivity contribution in [2.75, 3.05) is 0 Å². The summed E-state index contributed by atoms with van der Waals surface area (Å²) in [6, 6.07) is 10.5. The molecule has 21 heavy (non-hydrogen) atoms. The number of rotatable bonds is 4. The molecule has 0 unspecified atom stereocenters. The standard InChI is InChI=1S/C15H9Br2ClO3/c16-12-8-11(4-1-9(12)2-6-15(19)20)21-14-5-3-10(18)7-13(14)17/h1-8H,(H,19,20)/b6-2+. The molecule has 0 bridgehead atoms. The minimum absolute atomic E-state index is 0.615. The number of carboxylic acids is 1. The first kappa shape index (κ1) is 16.1. The number of benzene rings is 2. The lowest BCUT2D eigenvalue weighted by Crippen LogP contribution is -1.88. The summed E-state index contributed by atoms with van der Waals surface area (Å²) in [6.07, 6.45) is 2.59. The number of carbonyl (C=O) groups is 1. The minimum Gasteiger partial charge on any atom is -0.478 e. The van der Waals surface area contributed by atoms with Gasteiger partial charge in [0.25, 0.3) is 0 Å². The molecule has 0 aliphatic heterocycles. The monoisotopic (exact) mass is 430 g/mol. The van der Waals surface area contributed by atoms with Crippen LogP contribution < -0.4 is 4.74 Å². The van der Waals surface area contributed by atoms with E-state index in [1.807, 2.05) is 0 Å². The van der Waals surface area contributed by atoms with Crippen molar-refractivity contribution < 1.29 is 14.6 Å². The quantitative estimate of drug-likeness (QED) is 0.626. The van der Waals surface area contributed by atoms with Crippen molar-refractivity contribution in [3.05, 3.63) is 62.0 Å². The predicted molar refractivity (Wildman–Crippen MR) is 90.0 cm³/mol. The smallest absolute Gasteiger partial charge is 0.328 e. The summed E-state index contributed by atoms with van der Waals surface area (Å²) in [5.41, 5.74) is 0.750. The molecule has 0 saturated heterocycles. The van der Waals surface area contributed by atoms with E-state index in [-0.39, 0.29) is 0 Å². The van der Waals surface area contributed by atoms with Gasteiger partial charge in [0.1, 0.15) is 11.5 Å². The first-order valence-corrected chi connectivity index (χ1v) is 7.75. The first-order valence-electron chi connectivity index (χ1n) is 5.79. The van der Waals surface area contributed by atoms with Crippen molar-refractivity contribution in [3.63, 3.8) is 0 Å². The molecule has 3 nitrogen and oxygen atoms in total. The molecular weight excluding hydrogens is 423 g/mol. The highest BCUT2D eigenvalue weighted by molar-refractivity contribution is 9.10. The molecule has 6 heteroatoms. The Morgan fingerprint density at radius 1 is 1.14 bits per heavy atom. The molecule has 0 spiro atoms. The highest BCUT2D eigenvalue weighted by Crippen LogP contribution is 2.33. The molecule has 0 radical (unpaired) electrons. The molecule has 0 fully saturated rings.